The van der Waals surface area contributed by atoms with E-state index in [-0.39, 0.29) is 0 Å². The minimum absolute atomic E-state index is 0.745. The van der Waals surface area contributed by atoms with Crippen LogP contribution in [-0.2, 0) is 0 Å². The van der Waals surface area contributed by atoms with Crippen LogP contribution in [0.1, 0.15) is 5.56 Å². The van der Waals surface area contributed by atoms with Crippen molar-refractivity contribution >= 4 is 27.7 Å². The Bertz CT molecular complexity index is 310. The largest absolute Gasteiger partial charge is 0.496 e. The maximum atomic E-state index is 5.65. The Morgan fingerprint density at radius 2 is 2.31 bits per heavy atom. The first-order valence-corrected chi connectivity index (χ1v) is 5.06. The number of nitrogens with two attached hydrogens (primary N) is 1. The highest BCUT2D eigenvalue weighted by Crippen LogP contribution is 2.22. The fourth-order valence-corrected chi connectivity index (χ4v) is 1.24. The van der Waals surface area contributed by atoms with Gasteiger partial charge in [-0.05, 0) is 18.2 Å². The number of hydrogen-bond donors (Lipinski definition) is 1. The van der Waals surface area contributed by atoms with Crippen molar-refractivity contribution in [1.29, 1.82) is 0 Å². The number of ether oxygens (including phenoxy) is 1. The fraction of sp³-hybridized carbons (Fsp3) is 0.200. The summed E-state index contributed by atoms with van der Waals surface area (Å²) in [5.41, 5.74) is 7.40. The monoisotopic (exact) mass is 241 g/mol. The van der Waals surface area contributed by atoms with Crippen LogP contribution < -0.4 is 10.5 Å². The molecule has 2 nitrogen and oxygen atoms in total. The SMILES string of the molecule is COc1ccc(N)cc1C=CCBr. The summed E-state index contributed by atoms with van der Waals surface area (Å²) in [6, 6.07) is 5.57. The van der Waals surface area contributed by atoms with Crippen LogP contribution in [0.15, 0.2) is 24.3 Å². The molecule has 0 atom stereocenters. The average Bonchev–Trinajstić information content (AvgIpc) is 2.15. The molecular formula is C10H12BrNO. The third kappa shape index (κ3) is 2.77. The Labute approximate surface area is 86.5 Å². The molecule has 0 aliphatic rings. The van der Waals surface area contributed by atoms with Crippen molar-refractivity contribution in [3.8, 4) is 5.75 Å². The van der Waals surface area contributed by atoms with Crippen LogP contribution in [0.5, 0.6) is 5.75 Å². The summed E-state index contributed by atoms with van der Waals surface area (Å²) < 4.78 is 5.18. The maximum absolute atomic E-state index is 5.65. The van der Waals surface area contributed by atoms with Gasteiger partial charge < -0.3 is 10.5 Å². The number of benzene rings is 1. The molecule has 0 spiro atoms. The molecule has 1 aromatic carbocycles. The number of nitrogen functional groups attached to an aromatic ring is 1. The van der Waals surface area contributed by atoms with Gasteiger partial charge in [-0.3, -0.25) is 0 Å². The quantitative estimate of drug-likeness (QED) is 0.653. The van der Waals surface area contributed by atoms with E-state index in [1.54, 1.807) is 7.11 Å². The molecule has 0 heterocycles. The van der Waals surface area contributed by atoms with E-state index in [9.17, 15) is 0 Å². The predicted molar refractivity (Wildman–Crippen MR) is 60.2 cm³/mol. The van der Waals surface area contributed by atoms with E-state index in [1.165, 1.54) is 0 Å². The van der Waals surface area contributed by atoms with Gasteiger partial charge in [0.05, 0.1) is 7.11 Å². The normalized spacial score (nSPS) is 10.6. The molecule has 0 aliphatic heterocycles. The summed E-state index contributed by atoms with van der Waals surface area (Å²) in [6.07, 6.45) is 3.97. The first-order chi connectivity index (χ1) is 6.27. The second-order valence-corrected chi connectivity index (χ2v) is 3.21. The van der Waals surface area contributed by atoms with Gasteiger partial charge in [-0.15, -0.1) is 0 Å². The standard InChI is InChI=1S/C10H12BrNO/c1-13-10-5-4-9(12)7-8(10)3-2-6-11/h2-5,7H,6,12H2,1H3. The number of alkyl halides is 1. The molecule has 0 unspecified atom stereocenters. The first-order valence-electron chi connectivity index (χ1n) is 3.94. The van der Waals surface area contributed by atoms with Gasteiger partial charge in [-0.25, -0.2) is 0 Å². The molecule has 2 N–H and O–H groups in total. The van der Waals surface area contributed by atoms with Gasteiger partial charge in [0.1, 0.15) is 5.75 Å². The molecule has 0 aromatic heterocycles. The van der Waals surface area contributed by atoms with Crippen molar-refractivity contribution in [3.05, 3.63) is 29.8 Å². The van der Waals surface area contributed by atoms with Gasteiger partial charge in [0.15, 0.2) is 0 Å². The number of hydrogen-bond acceptors (Lipinski definition) is 2. The minimum Gasteiger partial charge on any atom is -0.496 e. The van der Waals surface area contributed by atoms with Crippen molar-refractivity contribution < 1.29 is 4.74 Å². The molecular weight excluding hydrogens is 230 g/mol. The van der Waals surface area contributed by atoms with Crippen molar-refractivity contribution in [2.75, 3.05) is 18.2 Å². The van der Waals surface area contributed by atoms with E-state index >= 15 is 0 Å². The summed E-state index contributed by atoms with van der Waals surface area (Å²) in [6.45, 7) is 0. The molecule has 0 fully saturated rings. The van der Waals surface area contributed by atoms with Crippen LogP contribution in [0, 0.1) is 0 Å². The third-order valence-electron chi connectivity index (χ3n) is 1.64. The second kappa shape index (κ2) is 4.92. The van der Waals surface area contributed by atoms with Crippen molar-refractivity contribution in [2.45, 2.75) is 0 Å². The molecule has 0 radical (unpaired) electrons. The zero-order valence-corrected chi connectivity index (χ0v) is 9.04. The van der Waals surface area contributed by atoms with Crippen molar-refractivity contribution in [1.82, 2.24) is 0 Å². The number of anilines is 1. The number of allylic oxidation sites excluding steroid dienone is 1. The van der Waals surface area contributed by atoms with E-state index in [2.05, 4.69) is 15.9 Å². The third-order valence-corrected chi connectivity index (χ3v) is 2.01. The van der Waals surface area contributed by atoms with Crippen LogP contribution in [0.4, 0.5) is 5.69 Å². The molecule has 0 aliphatic carbocycles. The van der Waals surface area contributed by atoms with Gasteiger partial charge >= 0.3 is 0 Å². The number of rotatable bonds is 3. The van der Waals surface area contributed by atoms with Crippen molar-refractivity contribution in [2.24, 2.45) is 0 Å². The minimum atomic E-state index is 0.745. The lowest BCUT2D eigenvalue weighted by Gasteiger charge is -2.04. The highest BCUT2D eigenvalue weighted by atomic mass is 79.9. The van der Waals surface area contributed by atoms with Gasteiger partial charge in [0.2, 0.25) is 0 Å². The van der Waals surface area contributed by atoms with Gasteiger partial charge in [-0.1, -0.05) is 28.1 Å². The van der Waals surface area contributed by atoms with Gasteiger partial charge in [-0.2, -0.15) is 0 Å². The summed E-state index contributed by atoms with van der Waals surface area (Å²) in [7, 11) is 1.65. The van der Waals surface area contributed by atoms with Crippen LogP contribution in [-0.4, -0.2) is 12.4 Å². The van der Waals surface area contributed by atoms with E-state index in [4.69, 9.17) is 10.5 Å². The van der Waals surface area contributed by atoms with Crippen LogP contribution in [0.25, 0.3) is 6.08 Å². The topological polar surface area (TPSA) is 35.2 Å². The Kier molecular flexibility index (Phi) is 3.83. The average molecular weight is 242 g/mol. The molecule has 0 bridgehead atoms. The van der Waals surface area contributed by atoms with E-state index in [1.807, 2.05) is 30.4 Å². The lowest BCUT2D eigenvalue weighted by molar-refractivity contribution is 0.414. The van der Waals surface area contributed by atoms with Gasteiger partial charge in [0, 0.05) is 16.6 Å². The summed E-state index contributed by atoms with van der Waals surface area (Å²) >= 11 is 3.31. The lowest BCUT2D eigenvalue weighted by Crippen LogP contribution is -1.90. The zero-order chi connectivity index (χ0) is 9.68. The van der Waals surface area contributed by atoms with E-state index in [0.717, 1.165) is 22.3 Å². The first kappa shape index (κ1) is 10.1. The van der Waals surface area contributed by atoms with Gasteiger partial charge in [0.25, 0.3) is 0 Å². The molecule has 0 amide bonds. The Morgan fingerprint density at radius 3 is 2.92 bits per heavy atom. The highest BCUT2D eigenvalue weighted by Gasteiger charge is 1.98. The number of halogens is 1. The summed E-state index contributed by atoms with van der Waals surface area (Å²) in [5.74, 6) is 0.839. The maximum Gasteiger partial charge on any atom is 0.126 e. The molecule has 0 saturated carbocycles. The molecule has 3 heteroatoms. The lowest BCUT2D eigenvalue weighted by atomic mass is 10.1. The molecule has 0 saturated heterocycles. The zero-order valence-electron chi connectivity index (χ0n) is 7.46. The Hall–Kier alpha value is -0.960. The van der Waals surface area contributed by atoms with E-state index < -0.39 is 0 Å². The Morgan fingerprint density at radius 1 is 1.54 bits per heavy atom. The molecule has 1 rings (SSSR count). The van der Waals surface area contributed by atoms with Crippen LogP contribution in [0.3, 0.4) is 0 Å². The molecule has 13 heavy (non-hydrogen) atoms. The van der Waals surface area contributed by atoms with Crippen LogP contribution >= 0.6 is 15.9 Å². The fourth-order valence-electron chi connectivity index (χ4n) is 1.05. The summed E-state index contributed by atoms with van der Waals surface area (Å²) in [4.78, 5) is 0. The predicted octanol–water partition coefficient (Wildman–Crippen LogP) is 2.69. The highest BCUT2D eigenvalue weighted by molar-refractivity contribution is 9.09. The second-order valence-electron chi connectivity index (χ2n) is 2.56. The number of methoxy groups -OCH3 is 1. The van der Waals surface area contributed by atoms with E-state index in [0.29, 0.717) is 0 Å². The molecule has 70 valence electrons. The molecule has 1 aromatic rings. The van der Waals surface area contributed by atoms with Crippen molar-refractivity contribution in [3.63, 3.8) is 0 Å². The smallest absolute Gasteiger partial charge is 0.126 e. The summed E-state index contributed by atoms with van der Waals surface area (Å²) in [5, 5.41) is 0.824. The van der Waals surface area contributed by atoms with Crippen LogP contribution in [0.2, 0.25) is 0 Å². The Balaban J connectivity index is 3.01.